The van der Waals surface area contributed by atoms with Crippen molar-refractivity contribution in [2.24, 2.45) is 5.92 Å². The van der Waals surface area contributed by atoms with Crippen LogP contribution in [0.1, 0.15) is 46.5 Å². The molecule has 0 aliphatic carbocycles. The molecule has 0 rings (SSSR count). The number of hydrogen-bond acceptors (Lipinski definition) is 2. The van der Waals surface area contributed by atoms with E-state index in [2.05, 4.69) is 12.2 Å². The molecule has 3 heteroatoms. The summed E-state index contributed by atoms with van der Waals surface area (Å²) in [6.45, 7) is 8.58. The summed E-state index contributed by atoms with van der Waals surface area (Å²) in [5.41, 5.74) is 0. The topological polar surface area (TPSA) is 38.3 Å². The highest BCUT2D eigenvalue weighted by molar-refractivity contribution is 5.75. The van der Waals surface area contributed by atoms with E-state index in [1.807, 2.05) is 13.8 Å². The lowest BCUT2D eigenvalue weighted by Gasteiger charge is -2.07. The average molecular weight is 215 g/mol. The molecule has 0 saturated heterocycles. The van der Waals surface area contributed by atoms with Gasteiger partial charge < -0.3 is 10.1 Å². The second-order valence-electron chi connectivity index (χ2n) is 4.27. The van der Waals surface area contributed by atoms with E-state index < -0.39 is 0 Å². The van der Waals surface area contributed by atoms with Gasteiger partial charge in [-0.3, -0.25) is 4.79 Å². The number of amides is 1. The first-order valence-corrected chi connectivity index (χ1v) is 6.01. The Balaban J connectivity index is 3.13. The number of carbonyl (C=O) groups is 1. The van der Waals surface area contributed by atoms with Gasteiger partial charge >= 0.3 is 0 Å². The second kappa shape index (κ2) is 9.97. The minimum absolute atomic E-state index is 0.151. The number of hydrogen-bond donors (Lipinski definition) is 1. The van der Waals surface area contributed by atoms with E-state index in [9.17, 15) is 4.79 Å². The summed E-state index contributed by atoms with van der Waals surface area (Å²) >= 11 is 0. The third-order valence-electron chi connectivity index (χ3n) is 2.02. The summed E-state index contributed by atoms with van der Waals surface area (Å²) < 4.78 is 5.39. The van der Waals surface area contributed by atoms with Crippen molar-refractivity contribution in [1.82, 2.24) is 5.32 Å². The van der Waals surface area contributed by atoms with Gasteiger partial charge in [0.2, 0.25) is 5.91 Å². The number of nitrogens with one attached hydrogen (secondary N) is 1. The molecule has 0 aliphatic heterocycles. The monoisotopic (exact) mass is 215 g/mol. The van der Waals surface area contributed by atoms with E-state index in [0.717, 1.165) is 32.6 Å². The predicted molar refractivity (Wildman–Crippen MR) is 62.8 cm³/mol. The van der Waals surface area contributed by atoms with Crippen LogP contribution in [-0.4, -0.2) is 25.7 Å². The Hall–Kier alpha value is -0.570. The zero-order valence-electron chi connectivity index (χ0n) is 10.3. The summed E-state index contributed by atoms with van der Waals surface area (Å²) in [6.07, 6.45) is 3.83. The molecule has 3 nitrogen and oxygen atoms in total. The molecule has 0 aromatic rings. The summed E-state index contributed by atoms with van der Waals surface area (Å²) in [6, 6.07) is 0. The molecule has 0 saturated carbocycles. The van der Waals surface area contributed by atoms with Crippen molar-refractivity contribution >= 4 is 5.91 Å². The van der Waals surface area contributed by atoms with E-state index in [4.69, 9.17) is 4.74 Å². The molecule has 0 aliphatic rings. The van der Waals surface area contributed by atoms with Crippen LogP contribution in [-0.2, 0) is 9.53 Å². The maximum Gasteiger partial charge on any atom is 0.220 e. The van der Waals surface area contributed by atoms with Crippen LogP contribution in [0.15, 0.2) is 0 Å². The maximum atomic E-state index is 11.2. The van der Waals surface area contributed by atoms with Crippen LogP contribution in [0.25, 0.3) is 0 Å². The highest BCUT2D eigenvalue weighted by Crippen LogP contribution is 1.97. The second-order valence-corrected chi connectivity index (χ2v) is 4.27. The minimum Gasteiger partial charge on any atom is -0.381 e. The zero-order chi connectivity index (χ0) is 11.5. The first kappa shape index (κ1) is 14.4. The van der Waals surface area contributed by atoms with E-state index >= 15 is 0 Å². The summed E-state index contributed by atoms with van der Waals surface area (Å²) in [7, 11) is 0. The molecule has 0 fully saturated rings. The smallest absolute Gasteiger partial charge is 0.220 e. The van der Waals surface area contributed by atoms with Gasteiger partial charge in [-0.2, -0.15) is 0 Å². The van der Waals surface area contributed by atoms with Crippen LogP contribution in [0.5, 0.6) is 0 Å². The van der Waals surface area contributed by atoms with E-state index in [1.54, 1.807) is 0 Å². The predicted octanol–water partition coefficient (Wildman–Crippen LogP) is 2.36. The van der Waals surface area contributed by atoms with Crippen LogP contribution in [0.2, 0.25) is 0 Å². The van der Waals surface area contributed by atoms with Gasteiger partial charge in [0, 0.05) is 26.2 Å². The molecule has 0 unspecified atom stereocenters. The minimum atomic E-state index is 0.151. The van der Waals surface area contributed by atoms with E-state index in [0.29, 0.717) is 12.3 Å². The van der Waals surface area contributed by atoms with Crippen molar-refractivity contribution in [3.63, 3.8) is 0 Å². The standard InChI is InChI=1S/C12H25NO2/c1-4-5-8-15-9-6-7-13-12(14)10-11(2)3/h11H,4-10H2,1-3H3,(H,13,14). The van der Waals surface area contributed by atoms with Crippen LogP contribution in [0, 0.1) is 5.92 Å². The van der Waals surface area contributed by atoms with Gasteiger partial charge in [0.15, 0.2) is 0 Å². The normalized spacial score (nSPS) is 10.7. The van der Waals surface area contributed by atoms with Crippen LogP contribution in [0.3, 0.4) is 0 Å². The molecule has 0 atom stereocenters. The molecule has 0 heterocycles. The van der Waals surface area contributed by atoms with Crippen molar-refractivity contribution in [2.45, 2.75) is 46.5 Å². The highest BCUT2D eigenvalue weighted by Gasteiger charge is 2.02. The molecule has 0 radical (unpaired) electrons. The van der Waals surface area contributed by atoms with Gasteiger partial charge in [0.25, 0.3) is 0 Å². The maximum absolute atomic E-state index is 11.2. The summed E-state index contributed by atoms with van der Waals surface area (Å²) in [5, 5.41) is 2.89. The molecule has 0 aromatic carbocycles. The average Bonchev–Trinajstić information content (AvgIpc) is 2.15. The third kappa shape index (κ3) is 11.4. The summed E-state index contributed by atoms with van der Waals surface area (Å²) in [5.74, 6) is 0.587. The highest BCUT2D eigenvalue weighted by atomic mass is 16.5. The quantitative estimate of drug-likeness (QED) is 0.600. The van der Waals surface area contributed by atoms with Gasteiger partial charge in [-0.1, -0.05) is 27.2 Å². The SMILES string of the molecule is CCCCOCCCNC(=O)CC(C)C. The van der Waals surface area contributed by atoms with E-state index in [-0.39, 0.29) is 5.91 Å². The lowest BCUT2D eigenvalue weighted by atomic mass is 10.1. The van der Waals surface area contributed by atoms with Crippen molar-refractivity contribution in [1.29, 1.82) is 0 Å². The fraction of sp³-hybridized carbons (Fsp3) is 0.917. The lowest BCUT2D eigenvalue weighted by molar-refractivity contribution is -0.121. The van der Waals surface area contributed by atoms with Crippen LogP contribution >= 0.6 is 0 Å². The fourth-order valence-electron chi connectivity index (χ4n) is 1.19. The van der Waals surface area contributed by atoms with Crippen molar-refractivity contribution in [2.75, 3.05) is 19.8 Å². The van der Waals surface area contributed by atoms with Crippen molar-refractivity contribution < 1.29 is 9.53 Å². The molecule has 90 valence electrons. The molecule has 0 spiro atoms. The van der Waals surface area contributed by atoms with Crippen LogP contribution in [0.4, 0.5) is 0 Å². The molecular weight excluding hydrogens is 190 g/mol. The third-order valence-corrected chi connectivity index (χ3v) is 2.02. The van der Waals surface area contributed by atoms with Crippen molar-refractivity contribution in [3.05, 3.63) is 0 Å². The van der Waals surface area contributed by atoms with Gasteiger partial charge in [-0.25, -0.2) is 0 Å². The summed E-state index contributed by atoms with van der Waals surface area (Å²) in [4.78, 5) is 11.2. The first-order chi connectivity index (χ1) is 7.16. The molecular formula is C12H25NO2. The largest absolute Gasteiger partial charge is 0.381 e. The lowest BCUT2D eigenvalue weighted by Crippen LogP contribution is -2.26. The van der Waals surface area contributed by atoms with Crippen molar-refractivity contribution in [3.8, 4) is 0 Å². The Morgan fingerprint density at radius 2 is 1.93 bits per heavy atom. The van der Waals surface area contributed by atoms with Crippen LogP contribution < -0.4 is 5.32 Å². The van der Waals surface area contributed by atoms with Gasteiger partial charge in [0.1, 0.15) is 0 Å². The van der Waals surface area contributed by atoms with Gasteiger partial charge in [0.05, 0.1) is 0 Å². The molecule has 0 bridgehead atoms. The van der Waals surface area contributed by atoms with Gasteiger partial charge in [-0.15, -0.1) is 0 Å². The number of ether oxygens (including phenoxy) is 1. The van der Waals surface area contributed by atoms with E-state index in [1.165, 1.54) is 6.42 Å². The Morgan fingerprint density at radius 1 is 1.27 bits per heavy atom. The Morgan fingerprint density at radius 3 is 2.53 bits per heavy atom. The first-order valence-electron chi connectivity index (χ1n) is 6.01. The molecule has 0 aromatic heterocycles. The number of carbonyl (C=O) groups excluding carboxylic acids is 1. The number of unbranched alkanes of at least 4 members (excludes halogenated alkanes) is 1. The van der Waals surface area contributed by atoms with Gasteiger partial charge in [-0.05, 0) is 18.8 Å². The Kier molecular flexibility index (Phi) is 9.59. The number of rotatable bonds is 9. The Bertz CT molecular complexity index is 158. The Labute approximate surface area is 93.6 Å². The zero-order valence-corrected chi connectivity index (χ0v) is 10.3. The fourth-order valence-corrected chi connectivity index (χ4v) is 1.19. The molecule has 1 amide bonds. The molecule has 15 heavy (non-hydrogen) atoms. The molecule has 1 N–H and O–H groups in total.